The molecule has 0 radical (unpaired) electrons. The Hall–Kier alpha value is -4.45. The van der Waals surface area contributed by atoms with Gasteiger partial charge in [-0.05, 0) is 57.0 Å². The molecular formula is C34H38N4O3S. The second-order valence-electron chi connectivity index (χ2n) is 10.3. The van der Waals surface area contributed by atoms with Gasteiger partial charge in [0.1, 0.15) is 40.9 Å². The first kappa shape index (κ1) is 32.1. The zero-order chi connectivity index (χ0) is 30.7. The fourth-order valence-corrected chi connectivity index (χ4v) is 5.52. The number of nitriles is 3. The van der Waals surface area contributed by atoms with E-state index in [0.29, 0.717) is 5.57 Å². The second kappa shape index (κ2) is 15.0. The van der Waals surface area contributed by atoms with E-state index in [1.54, 1.807) is 25.6 Å². The number of thiophene rings is 1. The molecule has 0 saturated carbocycles. The maximum Gasteiger partial charge on any atom is 0.172 e. The van der Waals surface area contributed by atoms with Crippen molar-refractivity contribution in [3.63, 3.8) is 0 Å². The summed E-state index contributed by atoms with van der Waals surface area (Å²) in [5.41, 5.74) is 1.74. The first-order chi connectivity index (χ1) is 20.3. The van der Waals surface area contributed by atoms with E-state index < -0.39 is 5.60 Å². The summed E-state index contributed by atoms with van der Waals surface area (Å²) in [4.78, 5) is 4.42. The molecule has 42 heavy (non-hydrogen) atoms. The molecule has 0 amide bonds. The highest BCUT2D eigenvalue weighted by Gasteiger charge is 2.38. The Morgan fingerprint density at radius 2 is 1.45 bits per heavy atom. The number of hydrogen-bond donors (Lipinski definition) is 0. The Balaban J connectivity index is 1.90. The van der Waals surface area contributed by atoms with Crippen molar-refractivity contribution >= 4 is 35.3 Å². The van der Waals surface area contributed by atoms with Gasteiger partial charge in [0.25, 0.3) is 0 Å². The van der Waals surface area contributed by atoms with Gasteiger partial charge in [-0.25, -0.2) is 0 Å². The van der Waals surface area contributed by atoms with Crippen LogP contribution in [0.2, 0.25) is 0 Å². The van der Waals surface area contributed by atoms with Gasteiger partial charge in [-0.2, -0.15) is 15.8 Å². The third-order valence-electron chi connectivity index (χ3n) is 7.00. The van der Waals surface area contributed by atoms with Gasteiger partial charge < -0.3 is 19.1 Å². The van der Waals surface area contributed by atoms with Crippen LogP contribution in [0.5, 0.6) is 11.5 Å². The van der Waals surface area contributed by atoms with E-state index >= 15 is 0 Å². The van der Waals surface area contributed by atoms with Crippen LogP contribution in [-0.4, -0.2) is 32.9 Å². The van der Waals surface area contributed by atoms with Crippen molar-refractivity contribution in [2.75, 3.05) is 32.2 Å². The van der Waals surface area contributed by atoms with Crippen molar-refractivity contribution in [2.24, 2.45) is 0 Å². The Bertz CT molecular complexity index is 1470. The van der Waals surface area contributed by atoms with E-state index in [4.69, 9.17) is 14.2 Å². The normalized spacial score (nSPS) is 14.0. The summed E-state index contributed by atoms with van der Waals surface area (Å²) in [6.45, 7) is 10.0. The predicted molar refractivity (Wildman–Crippen MR) is 170 cm³/mol. The van der Waals surface area contributed by atoms with Gasteiger partial charge in [-0.1, -0.05) is 32.8 Å². The predicted octanol–water partition coefficient (Wildman–Crippen LogP) is 8.29. The van der Waals surface area contributed by atoms with Crippen LogP contribution in [0.15, 0.2) is 52.8 Å². The molecule has 0 N–H and O–H groups in total. The number of benzene rings is 1. The molecule has 3 rings (SSSR count). The summed E-state index contributed by atoms with van der Waals surface area (Å²) in [7, 11) is 3.36. The molecule has 0 saturated heterocycles. The standard InChI is InChI=1S/C34H38N4O3S/c1-7-9-17-38(18-10-8-2)25-19-31(39-5)28(32(20-25)40-6)15-13-26-11-12-27(42-26)14-16-30-29(23-37)33(24(21-35)22-36)41-34(30,3)4/h11-16,19-20H,7-10,17-18H2,1-6H3/b15-13+,16-14+. The molecule has 1 aliphatic rings. The van der Waals surface area contributed by atoms with Crippen molar-refractivity contribution in [1.29, 1.82) is 15.8 Å². The van der Waals surface area contributed by atoms with E-state index in [0.717, 1.165) is 71.3 Å². The Morgan fingerprint density at radius 1 is 0.905 bits per heavy atom. The average Bonchev–Trinajstić information content (AvgIpc) is 3.55. The fourth-order valence-electron chi connectivity index (χ4n) is 4.70. The molecular weight excluding hydrogens is 544 g/mol. The lowest BCUT2D eigenvalue weighted by atomic mass is 9.94. The van der Waals surface area contributed by atoms with Crippen LogP contribution >= 0.6 is 11.3 Å². The van der Waals surface area contributed by atoms with Gasteiger partial charge in [0.15, 0.2) is 11.3 Å². The molecule has 0 spiro atoms. The summed E-state index contributed by atoms with van der Waals surface area (Å²) in [6, 6.07) is 14.0. The largest absolute Gasteiger partial charge is 0.496 e. The number of methoxy groups -OCH3 is 2. The molecule has 1 aromatic heterocycles. The first-order valence-electron chi connectivity index (χ1n) is 14.1. The summed E-state index contributed by atoms with van der Waals surface area (Å²) in [6.07, 6.45) is 12.3. The highest BCUT2D eigenvalue weighted by atomic mass is 32.1. The lowest BCUT2D eigenvalue weighted by Gasteiger charge is -2.26. The van der Waals surface area contributed by atoms with Gasteiger partial charge in [-0.3, -0.25) is 0 Å². The number of hydrogen-bond acceptors (Lipinski definition) is 8. The maximum atomic E-state index is 9.76. The molecule has 8 heteroatoms. The number of rotatable bonds is 13. The average molecular weight is 583 g/mol. The van der Waals surface area contributed by atoms with Crippen molar-refractivity contribution < 1.29 is 14.2 Å². The molecule has 0 atom stereocenters. The van der Waals surface area contributed by atoms with E-state index in [9.17, 15) is 15.8 Å². The van der Waals surface area contributed by atoms with Crippen molar-refractivity contribution in [3.05, 3.63) is 68.1 Å². The van der Waals surface area contributed by atoms with E-state index in [1.807, 2.05) is 62.4 Å². The van der Waals surface area contributed by atoms with Crippen LogP contribution in [0.4, 0.5) is 5.69 Å². The lowest BCUT2D eigenvalue weighted by molar-refractivity contribution is 0.0954. The molecule has 1 aromatic carbocycles. The quantitative estimate of drug-likeness (QED) is 0.219. The van der Waals surface area contributed by atoms with Crippen LogP contribution in [-0.2, 0) is 4.74 Å². The minimum absolute atomic E-state index is 0.0368. The summed E-state index contributed by atoms with van der Waals surface area (Å²) < 4.78 is 17.5. The number of ether oxygens (including phenoxy) is 3. The van der Waals surface area contributed by atoms with E-state index in [-0.39, 0.29) is 16.9 Å². The van der Waals surface area contributed by atoms with Crippen LogP contribution in [0.1, 0.15) is 68.7 Å². The van der Waals surface area contributed by atoms with E-state index in [2.05, 4.69) is 36.9 Å². The second-order valence-corrected chi connectivity index (χ2v) is 11.5. The Morgan fingerprint density at radius 3 is 1.93 bits per heavy atom. The van der Waals surface area contributed by atoms with E-state index in [1.165, 1.54) is 0 Å². The van der Waals surface area contributed by atoms with Gasteiger partial charge >= 0.3 is 0 Å². The van der Waals surface area contributed by atoms with Crippen molar-refractivity contribution in [2.45, 2.75) is 59.0 Å². The Kier molecular flexibility index (Phi) is 11.4. The van der Waals surface area contributed by atoms with Gasteiger partial charge in [0.05, 0.1) is 19.8 Å². The van der Waals surface area contributed by atoms with Gasteiger partial charge in [-0.15, -0.1) is 11.3 Å². The Labute approximate surface area is 253 Å². The molecule has 0 fully saturated rings. The van der Waals surface area contributed by atoms with Gasteiger partial charge in [0, 0.05) is 46.2 Å². The number of allylic oxidation sites excluding steroid dienone is 2. The third-order valence-corrected chi connectivity index (χ3v) is 8.01. The molecule has 0 unspecified atom stereocenters. The smallest absolute Gasteiger partial charge is 0.172 e. The molecule has 0 bridgehead atoms. The van der Waals surface area contributed by atoms with Crippen LogP contribution in [0.3, 0.4) is 0 Å². The number of nitrogens with zero attached hydrogens (tertiary/aromatic N) is 4. The zero-order valence-corrected chi connectivity index (χ0v) is 26.1. The van der Waals surface area contributed by atoms with Crippen LogP contribution in [0, 0.1) is 34.0 Å². The molecule has 218 valence electrons. The highest BCUT2D eigenvalue weighted by Crippen LogP contribution is 2.41. The number of anilines is 1. The van der Waals surface area contributed by atoms with Crippen LogP contribution < -0.4 is 14.4 Å². The molecule has 2 aromatic rings. The van der Waals surface area contributed by atoms with Crippen LogP contribution in [0.25, 0.3) is 18.2 Å². The molecule has 0 aliphatic carbocycles. The lowest BCUT2D eigenvalue weighted by Crippen LogP contribution is -2.25. The summed E-state index contributed by atoms with van der Waals surface area (Å²) in [5.74, 6) is 1.55. The molecule has 2 heterocycles. The first-order valence-corrected chi connectivity index (χ1v) is 14.9. The minimum atomic E-state index is -0.849. The zero-order valence-electron chi connectivity index (χ0n) is 25.3. The molecule has 7 nitrogen and oxygen atoms in total. The van der Waals surface area contributed by atoms with Crippen molar-refractivity contribution in [1.82, 2.24) is 0 Å². The minimum Gasteiger partial charge on any atom is -0.496 e. The summed E-state index contributed by atoms with van der Waals surface area (Å²) >= 11 is 1.59. The maximum absolute atomic E-state index is 9.76. The van der Waals surface area contributed by atoms with Crippen molar-refractivity contribution in [3.8, 4) is 29.7 Å². The van der Waals surface area contributed by atoms with Gasteiger partial charge in [0.2, 0.25) is 0 Å². The SMILES string of the molecule is CCCCN(CCCC)c1cc(OC)c(/C=C/c2ccc(/C=C/C3=C(C#N)C(=C(C#N)C#N)OC3(C)C)s2)c(OC)c1. The topological polar surface area (TPSA) is 102 Å². The molecule has 1 aliphatic heterocycles. The number of unbranched alkanes of at least 4 members (excludes halogenated alkanes) is 2. The third kappa shape index (κ3) is 7.43. The highest BCUT2D eigenvalue weighted by molar-refractivity contribution is 7.13. The summed E-state index contributed by atoms with van der Waals surface area (Å²) in [5, 5.41) is 28.3. The fraction of sp³-hybridized carbons (Fsp3) is 0.382. The monoisotopic (exact) mass is 582 g/mol.